The van der Waals surface area contributed by atoms with E-state index < -0.39 is 0 Å². The molecule has 1 aromatic heterocycles. The average Bonchev–Trinajstić information content (AvgIpc) is 2.89. The number of nitrogens with zero attached hydrogens (tertiary/aromatic N) is 2. The lowest BCUT2D eigenvalue weighted by atomic mass is 9.60. The van der Waals surface area contributed by atoms with Crippen LogP contribution >= 0.6 is 0 Å². The van der Waals surface area contributed by atoms with Gasteiger partial charge >= 0.3 is 0 Å². The molecular weight excluding hydrogens is 388 g/mol. The molecule has 0 saturated carbocycles. The first kappa shape index (κ1) is 17.6. The van der Waals surface area contributed by atoms with Gasteiger partial charge < -0.3 is 0 Å². The SMILES string of the molecule is c1ccc(-c2nnc(-c3ccccc3)c3c2C2c4ccccc4C3c3ccccc32)cc1. The minimum absolute atomic E-state index is 0.163. The van der Waals surface area contributed by atoms with Crippen molar-refractivity contribution in [2.45, 2.75) is 11.8 Å². The van der Waals surface area contributed by atoms with Crippen LogP contribution in [0.4, 0.5) is 0 Å². The summed E-state index contributed by atoms with van der Waals surface area (Å²) < 4.78 is 0. The molecule has 0 N–H and O–H groups in total. The first-order chi connectivity index (χ1) is 15.9. The average molecular weight is 409 g/mol. The number of aromatic nitrogens is 2. The maximum atomic E-state index is 4.85. The molecule has 150 valence electrons. The molecule has 1 heterocycles. The van der Waals surface area contributed by atoms with E-state index in [1.165, 1.54) is 33.4 Å². The van der Waals surface area contributed by atoms with Crippen molar-refractivity contribution in [3.63, 3.8) is 0 Å². The van der Waals surface area contributed by atoms with E-state index in [0.29, 0.717) is 0 Å². The summed E-state index contributed by atoms with van der Waals surface area (Å²) in [6.07, 6.45) is 0. The minimum Gasteiger partial charge on any atom is -0.150 e. The highest BCUT2D eigenvalue weighted by atomic mass is 15.1. The summed E-state index contributed by atoms with van der Waals surface area (Å²) in [7, 11) is 0. The zero-order valence-corrected chi connectivity index (χ0v) is 17.4. The van der Waals surface area contributed by atoms with Crippen LogP contribution in [0, 0.1) is 0 Å². The van der Waals surface area contributed by atoms with Crippen LogP contribution in [0.1, 0.15) is 45.2 Å². The molecule has 0 radical (unpaired) electrons. The number of benzene rings is 4. The lowest BCUT2D eigenvalue weighted by Gasteiger charge is -2.43. The van der Waals surface area contributed by atoms with Gasteiger partial charge in [-0.1, -0.05) is 109 Å². The van der Waals surface area contributed by atoms with Gasteiger partial charge in [0.25, 0.3) is 0 Å². The largest absolute Gasteiger partial charge is 0.150 e. The van der Waals surface area contributed by atoms with E-state index in [1.54, 1.807) is 0 Å². The molecule has 2 bridgehead atoms. The van der Waals surface area contributed by atoms with Crippen molar-refractivity contribution in [2.24, 2.45) is 0 Å². The Morgan fingerprint density at radius 3 is 1.03 bits per heavy atom. The Bertz CT molecular complexity index is 1310. The van der Waals surface area contributed by atoms with E-state index >= 15 is 0 Å². The molecule has 0 unspecified atom stereocenters. The van der Waals surface area contributed by atoms with Gasteiger partial charge in [0, 0.05) is 23.0 Å². The van der Waals surface area contributed by atoms with Crippen molar-refractivity contribution >= 4 is 0 Å². The van der Waals surface area contributed by atoms with Crippen LogP contribution < -0.4 is 0 Å². The maximum Gasteiger partial charge on any atom is 0.0974 e. The van der Waals surface area contributed by atoms with Gasteiger partial charge in [0.2, 0.25) is 0 Å². The molecular formula is C30H20N2. The van der Waals surface area contributed by atoms with Gasteiger partial charge in [0.05, 0.1) is 11.4 Å². The van der Waals surface area contributed by atoms with E-state index in [0.717, 1.165) is 22.5 Å². The number of hydrogen-bond donors (Lipinski definition) is 0. The molecule has 0 amide bonds. The van der Waals surface area contributed by atoms with Crippen molar-refractivity contribution in [1.29, 1.82) is 0 Å². The number of rotatable bonds is 2. The van der Waals surface area contributed by atoms with Crippen LogP contribution in [0.2, 0.25) is 0 Å². The molecule has 4 aromatic carbocycles. The molecule has 0 atom stereocenters. The summed E-state index contributed by atoms with van der Waals surface area (Å²) in [5, 5.41) is 9.71. The molecule has 32 heavy (non-hydrogen) atoms. The second-order valence-corrected chi connectivity index (χ2v) is 8.58. The van der Waals surface area contributed by atoms with Crippen LogP contribution in [0.15, 0.2) is 109 Å². The zero-order chi connectivity index (χ0) is 21.1. The highest BCUT2D eigenvalue weighted by Gasteiger charge is 2.44. The lowest BCUT2D eigenvalue weighted by Crippen LogP contribution is -2.29. The second kappa shape index (κ2) is 6.73. The van der Waals surface area contributed by atoms with E-state index in [1.807, 2.05) is 0 Å². The fraction of sp³-hybridized carbons (Fsp3) is 0.0667. The predicted octanol–water partition coefficient (Wildman–Crippen LogP) is 6.80. The Morgan fingerprint density at radius 1 is 0.375 bits per heavy atom. The van der Waals surface area contributed by atoms with Gasteiger partial charge in [0.15, 0.2) is 0 Å². The summed E-state index contributed by atoms with van der Waals surface area (Å²) in [5.41, 5.74) is 12.5. The topological polar surface area (TPSA) is 25.8 Å². The molecule has 3 aliphatic rings. The third-order valence-electron chi connectivity index (χ3n) is 6.96. The molecule has 3 aliphatic carbocycles. The smallest absolute Gasteiger partial charge is 0.0974 e. The highest BCUT2D eigenvalue weighted by Crippen LogP contribution is 2.58. The molecule has 8 rings (SSSR count). The van der Waals surface area contributed by atoms with Crippen LogP contribution in [-0.2, 0) is 0 Å². The molecule has 0 aliphatic heterocycles. The third kappa shape index (κ3) is 2.35. The van der Waals surface area contributed by atoms with Crippen LogP contribution in [0.5, 0.6) is 0 Å². The van der Waals surface area contributed by atoms with Gasteiger partial charge in [-0.25, -0.2) is 0 Å². The number of hydrogen-bond acceptors (Lipinski definition) is 2. The van der Waals surface area contributed by atoms with E-state index in [-0.39, 0.29) is 11.8 Å². The fourth-order valence-electron chi connectivity index (χ4n) is 5.70. The second-order valence-electron chi connectivity index (χ2n) is 8.58. The maximum absolute atomic E-state index is 4.85. The Labute approximate surface area is 187 Å². The normalized spacial score (nSPS) is 17.4. The summed E-state index contributed by atoms with van der Waals surface area (Å²) >= 11 is 0. The molecule has 0 spiro atoms. The first-order valence-corrected chi connectivity index (χ1v) is 11.1. The Kier molecular flexibility index (Phi) is 3.71. The van der Waals surface area contributed by atoms with E-state index in [9.17, 15) is 0 Å². The van der Waals surface area contributed by atoms with Crippen molar-refractivity contribution in [2.75, 3.05) is 0 Å². The van der Waals surface area contributed by atoms with Gasteiger partial charge in [-0.2, -0.15) is 0 Å². The lowest BCUT2D eigenvalue weighted by molar-refractivity contribution is 0.740. The summed E-state index contributed by atoms with van der Waals surface area (Å²) in [5.74, 6) is 0.325. The van der Waals surface area contributed by atoms with E-state index in [4.69, 9.17) is 10.2 Å². The fourth-order valence-corrected chi connectivity index (χ4v) is 5.70. The highest BCUT2D eigenvalue weighted by molar-refractivity contribution is 5.81. The van der Waals surface area contributed by atoms with Crippen LogP contribution in [0.3, 0.4) is 0 Å². The van der Waals surface area contributed by atoms with Crippen molar-refractivity contribution in [3.8, 4) is 22.5 Å². The monoisotopic (exact) mass is 408 g/mol. The summed E-state index contributed by atoms with van der Waals surface area (Å²) in [4.78, 5) is 0. The van der Waals surface area contributed by atoms with Gasteiger partial charge in [0.1, 0.15) is 0 Å². The Balaban J connectivity index is 1.62. The minimum atomic E-state index is 0.163. The molecule has 2 heteroatoms. The molecule has 0 saturated heterocycles. The predicted molar refractivity (Wildman–Crippen MR) is 128 cm³/mol. The van der Waals surface area contributed by atoms with Gasteiger partial charge in [-0.05, 0) is 33.4 Å². The molecule has 0 fully saturated rings. The van der Waals surface area contributed by atoms with Gasteiger partial charge in [-0.15, -0.1) is 10.2 Å². The standard InChI is InChI=1S/C30H20N2/c1-3-11-19(12-4-1)29-27-25-21-15-7-9-17-23(21)26(24-18-10-8-16-22(24)25)28(27)30(32-31-29)20-13-5-2-6-14-20/h1-18,25-26H. The van der Waals surface area contributed by atoms with Crippen LogP contribution in [-0.4, -0.2) is 10.2 Å². The molecule has 5 aromatic rings. The summed E-state index contributed by atoms with van der Waals surface area (Å²) in [6.45, 7) is 0. The quantitative estimate of drug-likeness (QED) is 0.314. The molecule has 2 nitrogen and oxygen atoms in total. The zero-order valence-electron chi connectivity index (χ0n) is 17.4. The van der Waals surface area contributed by atoms with E-state index in [2.05, 4.69) is 109 Å². The van der Waals surface area contributed by atoms with Crippen LogP contribution in [0.25, 0.3) is 22.5 Å². The van der Waals surface area contributed by atoms with Crippen molar-refractivity contribution < 1.29 is 0 Å². The Morgan fingerprint density at radius 2 is 0.688 bits per heavy atom. The first-order valence-electron chi connectivity index (χ1n) is 11.1. The van der Waals surface area contributed by atoms with Crippen molar-refractivity contribution in [3.05, 3.63) is 143 Å². The Hall–Kier alpha value is -4.04. The van der Waals surface area contributed by atoms with Crippen molar-refractivity contribution in [1.82, 2.24) is 10.2 Å². The summed E-state index contributed by atoms with van der Waals surface area (Å²) in [6, 6.07) is 38.8. The third-order valence-corrected chi connectivity index (χ3v) is 6.96. The van der Waals surface area contributed by atoms with Gasteiger partial charge in [-0.3, -0.25) is 0 Å².